The number of benzene rings is 1. The molecule has 1 aromatic carbocycles. The van der Waals surface area contributed by atoms with E-state index >= 15 is 0 Å². The number of amides is 1. The molecule has 0 radical (unpaired) electrons. The van der Waals surface area contributed by atoms with E-state index in [1.807, 2.05) is 29.0 Å². The summed E-state index contributed by atoms with van der Waals surface area (Å²) in [6.07, 6.45) is 2.60. The minimum absolute atomic E-state index is 0.0881. The third-order valence-electron chi connectivity index (χ3n) is 3.23. The van der Waals surface area contributed by atoms with Crippen molar-refractivity contribution in [2.24, 2.45) is 0 Å². The maximum absolute atomic E-state index is 12.1. The number of phenols is 1. The average molecular weight is 288 g/mol. The third-order valence-corrected chi connectivity index (χ3v) is 3.23. The zero-order valence-electron chi connectivity index (χ0n) is 12.1. The molecule has 21 heavy (non-hydrogen) atoms. The van der Waals surface area contributed by atoms with Crippen LogP contribution in [-0.2, 0) is 17.7 Å². The fraction of sp³-hybridized carbons (Fsp3) is 0.312. The van der Waals surface area contributed by atoms with Crippen LogP contribution >= 0.6 is 0 Å². The SMILES string of the molecule is COCCn1cccc1C(=O)NCCc1ccc(O)cc1. The van der Waals surface area contributed by atoms with E-state index in [-0.39, 0.29) is 11.7 Å². The van der Waals surface area contributed by atoms with Crippen molar-refractivity contribution >= 4 is 5.91 Å². The number of methoxy groups -OCH3 is 1. The number of ether oxygens (including phenoxy) is 1. The highest BCUT2D eigenvalue weighted by Crippen LogP contribution is 2.09. The van der Waals surface area contributed by atoms with Gasteiger partial charge in [-0.05, 0) is 36.2 Å². The maximum Gasteiger partial charge on any atom is 0.267 e. The maximum atomic E-state index is 12.1. The van der Waals surface area contributed by atoms with E-state index in [1.165, 1.54) is 0 Å². The third kappa shape index (κ3) is 4.36. The van der Waals surface area contributed by atoms with Gasteiger partial charge in [-0.2, -0.15) is 0 Å². The molecule has 1 amide bonds. The Morgan fingerprint density at radius 3 is 2.76 bits per heavy atom. The number of nitrogens with one attached hydrogen (secondary N) is 1. The molecule has 0 aliphatic rings. The Bertz CT molecular complexity index is 575. The van der Waals surface area contributed by atoms with Crippen molar-refractivity contribution < 1.29 is 14.6 Å². The predicted molar refractivity (Wildman–Crippen MR) is 80.5 cm³/mol. The first kappa shape index (κ1) is 15.1. The number of nitrogens with zero attached hydrogens (tertiary/aromatic N) is 1. The standard InChI is InChI=1S/C16H20N2O3/c1-21-12-11-18-10-2-3-15(18)16(20)17-9-8-13-4-6-14(19)7-5-13/h2-7,10,19H,8-9,11-12H2,1H3,(H,17,20). The van der Waals surface area contributed by atoms with Crippen LogP contribution in [0.1, 0.15) is 16.1 Å². The van der Waals surface area contributed by atoms with Crippen molar-refractivity contribution in [3.05, 3.63) is 53.9 Å². The minimum atomic E-state index is -0.0881. The lowest BCUT2D eigenvalue weighted by Crippen LogP contribution is -2.28. The van der Waals surface area contributed by atoms with E-state index in [4.69, 9.17) is 4.74 Å². The summed E-state index contributed by atoms with van der Waals surface area (Å²) in [6, 6.07) is 10.6. The van der Waals surface area contributed by atoms with E-state index in [2.05, 4.69) is 5.32 Å². The van der Waals surface area contributed by atoms with Gasteiger partial charge in [0.25, 0.3) is 5.91 Å². The molecule has 0 bridgehead atoms. The van der Waals surface area contributed by atoms with E-state index in [0.717, 1.165) is 12.0 Å². The summed E-state index contributed by atoms with van der Waals surface area (Å²) in [7, 11) is 1.64. The summed E-state index contributed by atoms with van der Waals surface area (Å²) >= 11 is 0. The van der Waals surface area contributed by atoms with Gasteiger partial charge in [-0.15, -0.1) is 0 Å². The number of carbonyl (C=O) groups excluding carboxylic acids is 1. The normalized spacial score (nSPS) is 10.5. The van der Waals surface area contributed by atoms with Crippen molar-refractivity contribution in [3.63, 3.8) is 0 Å². The topological polar surface area (TPSA) is 63.5 Å². The highest BCUT2D eigenvalue weighted by Gasteiger charge is 2.09. The molecule has 0 saturated carbocycles. The summed E-state index contributed by atoms with van der Waals surface area (Å²) in [4.78, 5) is 12.1. The largest absolute Gasteiger partial charge is 0.508 e. The summed E-state index contributed by atoms with van der Waals surface area (Å²) in [5, 5.41) is 12.1. The van der Waals surface area contributed by atoms with Gasteiger partial charge in [0.15, 0.2) is 0 Å². The molecule has 5 heteroatoms. The molecule has 0 fully saturated rings. The minimum Gasteiger partial charge on any atom is -0.508 e. The van der Waals surface area contributed by atoms with Crippen molar-refractivity contribution in [2.75, 3.05) is 20.3 Å². The molecule has 1 heterocycles. The monoisotopic (exact) mass is 288 g/mol. The smallest absolute Gasteiger partial charge is 0.267 e. The number of aromatic nitrogens is 1. The van der Waals surface area contributed by atoms with Crippen molar-refractivity contribution in [2.45, 2.75) is 13.0 Å². The molecular weight excluding hydrogens is 268 g/mol. The summed E-state index contributed by atoms with van der Waals surface area (Å²) in [5.74, 6) is 0.161. The Labute approximate surface area is 124 Å². The fourth-order valence-electron chi connectivity index (χ4n) is 2.08. The molecule has 112 valence electrons. The van der Waals surface area contributed by atoms with Crippen LogP contribution in [0.15, 0.2) is 42.6 Å². The second-order valence-electron chi connectivity index (χ2n) is 4.75. The van der Waals surface area contributed by atoms with Crippen LogP contribution in [0.25, 0.3) is 0 Å². The Hall–Kier alpha value is -2.27. The van der Waals surface area contributed by atoms with Crippen LogP contribution in [0.3, 0.4) is 0 Å². The predicted octanol–water partition coefficient (Wildman–Crippen LogP) is 1.81. The van der Waals surface area contributed by atoms with Gasteiger partial charge in [-0.25, -0.2) is 0 Å². The molecule has 1 aromatic heterocycles. The quantitative estimate of drug-likeness (QED) is 0.817. The first-order valence-corrected chi connectivity index (χ1v) is 6.91. The van der Waals surface area contributed by atoms with Crippen molar-refractivity contribution in [1.29, 1.82) is 0 Å². The van der Waals surface area contributed by atoms with Crippen LogP contribution in [0.2, 0.25) is 0 Å². The molecule has 0 atom stereocenters. The Balaban J connectivity index is 1.84. The highest BCUT2D eigenvalue weighted by atomic mass is 16.5. The van der Waals surface area contributed by atoms with E-state index in [1.54, 1.807) is 25.3 Å². The molecule has 2 aromatic rings. The number of phenolic OH excluding ortho intramolecular Hbond substituents is 1. The number of rotatable bonds is 7. The highest BCUT2D eigenvalue weighted by molar-refractivity contribution is 5.92. The lowest BCUT2D eigenvalue weighted by Gasteiger charge is -2.09. The zero-order valence-corrected chi connectivity index (χ0v) is 12.1. The molecule has 0 aliphatic heterocycles. The molecule has 0 saturated heterocycles. The summed E-state index contributed by atoms with van der Waals surface area (Å²) < 4.78 is 6.90. The number of hydrogen-bond donors (Lipinski definition) is 2. The summed E-state index contributed by atoms with van der Waals surface area (Å²) in [6.45, 7) is 1.78. The van der Waals surface area contributed by atoms with Gasteiger partial charge in [0.05, 0.1) is 6.61 Å². The van der Waals surface area contributed by atoms with Gasteiger partial charge >= 0.3 is 0 Å². The van der Waals surface area contributed by atoms with Gasteiger partial charge in [-0.3, -0.25) is 4.79 Å². The van der Waals surface area contributed by atoms with Gasteiger partial charge < -0.3 is 19.7 Å². The lowest BCUT2D eigenvalue weighted by molar-refractivity contribution is 0.0942. The van der Waals surface area contributed by atoms with Crippen LogP contribution in [-0.4, -0.2) is 35.8 Å². The first-order valence-electron chi connectivity index (χ1n) is 6.91. The van der Waals surface area contributed by atoms with Crippen LogP contribution in [0.4, 0.5) is 0 Å². The molecule has 0 aliphatic carbocycles. The van der Waals surface area contributed by atoms with E-state index < -0.39 is 0 Å². The van der Waals surface area contributed by atoms with E-state index in [0.29, 0.717) is 25.4 Å². The van der Waals surface area contributed by atoms with Gasteiger partial charge in [0.1, 0.15) is 11.4 Å². The zero-order chi connectivity index (χ0) is 15.1. The molecule has 0 unspecified atom stereocenters. The van der Waals surface area contributed by atoms with Crippen LogP contribution in [0, 0.1) is 0 Å². The number of hydrogen-bond acceptors (Lipinski definition) is 3. The van der Waals surface area contributed by atoms with Gasteiger partial charge in [0.2, 0.25) is 0 Å². The Morgan fingerprint density at radius 1 is 1.29 bits per heavy atom. The molecule has 2 N–H and O–H groups in total. The second-order valence-corrected chi connectivity index (χ2v) is 4.75. The van der Waals surface area contributed by atoms with Gasteiger partial charge in [0, 0.05) is 26.4 Å². The van der Waals surface area contributed by atoms with E-state index in [9.17, 15) is 9.90 Å². The number of carbonyl (C=O) groups is 1. The van der Waals surface area contributed by atoms with Crippen LogP contribution < -0.4 is 5.32 Å². The second kappa shape index (κ2) is 7.50. The Kier molecular flexibility index (Phi) is 5.40. The Morgan fingerprint density at radius 2 is 2.05 bits per heavy atom. The number of aromatic hydroxyl groups is 1. The summed E-state index contributed by atoms with van der Waals surface area (Å²) in [5.41, 5.74) is 1.71. The molecule has 5 nitrogen and oxygen atoms in total. The molecule has 0 spiro atoms. The van der Waals surface area contributed by atoms with Crippen LogP contribution in [0.5, 0.6) is 5.75 Å². The van der Waals surface area contributed by atoms with Gasteiger partial charge in [-0.1, -0.05) is 12.1 Å². The fourth-order valence-corrected chi connectivity index (χ4v) is 2.08. The first-order chi connectivity index (χ1) is 10.2. The van der Waals surface area contributed by atoms with Crippen molar-refractivity contribution in [3.8, 4) is 5.75 Å². The van der Waals surface area contributed by atoms with Crippen molar-refractivity contribution in [1.82, 2.24) is 9.88 Å². The molecule has 2 rings (SSSR count). The molecular formula is C16H20N2O3. The lowest BCUT2D eigenvalue weighted by atomic mass is 10.1. The average Bonchev–Trinajstić information content (AvgIpc) is 2.95.